The normalized spacial score (nSPS) is 14.4. The minimum absolute atomic E-state index is 0.314. The van der Waals surface area contributed by atoms with E-state index in [0.717, 1.165) is 56.1 Å². The zero-order valence-electron chi connectivity index (χ0n) is 50.5. The van der Waals surface area contributed by atoms with Crippen molar-refractivity contribution in [1.29, 1.82) is 0 Å². The molecule has 75 heavy (non-hydrogen) atoms. The molecular formula is C69H103O5P. The Balaban J connectivity index is -0.00000123. The van der Waals surface area contributed by atoms with Crippen molar-refractivity contribution in [3.8, 4) is 0 Å². The fraction of sp³-hybridized carbons (Fsp3) is 0.406. The summed E-state index contributed by atoms with van der Waals surface area (Å²) in [6.07, 6.45) is 64.2. The summed E-state index contributed by atoms with van der Waals surface area (Å²) in [5, 5.41) is 0. The zero-order valence-corrected chi connectivity index (χ0v) is 51.4. The van der Waals surface area contributed by atoms with E-state index in [0.29, 0.717) is 24.9 Å². The van der Waals surface area contributed by atoms with Gasteiger partial charge in [0.05, 0.1) is 32.2 Å². The number of aldehydes is 1. The predicted molar refractivity (Wildman–Crippen MR) is 336 cm³/mol. The van der Waals surface area contributed by atoms with Gasteiger partial charge in [-0.3, -0.25) is 9.36 Å². The van der Waals surface area contributed by atoms with Crippen molar-refractivity contribution in [3.63, 3.8) is 0 Å². The van der Waals surface area contributed by atoms with Gasteiger partial charge in [-0.1, -0.05) is 219 Å². The lowest BCUT2D eigenvalue weighted by Gasteiger charge is -2.15. The largest absolute Gasteiger partial charge is 0.501 e. The van der Waals surface area contributed by atoms with E-state index < -0.39 is 7.60 Å². The van der Waals surface area contributed by atoms with Gasteiger partial charge in [0, 0.05) is 0 Å². The smallest absolute Gasteiger partial charge is 0.334 e. The lowest BCUT2D eigenvalue weighted by atomic mass is 10.1. The average Bonchev–Trinajstić information content (AvgIpc) is 3.33. The van der Waals surface area contributed by atoms with Gasteiger partial charge in [-0.15, -0.1) is 0 Å². The second-order valence-electron chi connectivity index (χ2n) is 19.3. The van der Waals surface area contributed by atoms with Crippen molar-refractivity contribution in [1.82, 2.24) is 0 Å². The van der Waals surface area contributed by atoms with Crippen molar-refractivity contribution in [3.05, 3.63) is 237 Å². The number of rotatable bonds is 31. The third-order valence-corrected chi connectivity index (χ3v) is 12.3. The van der Waals surface area contributed by atoms with E-state index in [9.17, 15) is 9.36 Å². The zero-order chi connectivity index (χ0) is 57.3. The van der Waals surface area contributed by atoms with Gasteiger partial charge in [0.2, 0.25) is 0 Å². The molecule has 0 unspecified atom stereocenters. The molecule has 0 N–H and O–H groups in total. The van der Waals surface area contributed by atoms with Gasteiger partial charge < -0.3 is 13.8 Å². The summed E-state index contributed by atoms with van der Waals surface area (Å²) in [4.78, 5) is 10.1. The molecule has 0 aromatic heterocycles. The predicted octanol–water partition coefficient (Wildman–Crippen LogP) is 21.6. The Morgan fingerprint density at radius 3 is 0.973 bits per heavy atom. The van der Waals surface area contributed by atoms with E-state index in [1.54, 1.807) is 26.2 Å². The van der Waals surface area contributed by atoms with Crippen molar-refractivity contribution in [2.45, 2.75) is 163 Å². The van der Waals surface area contributed by atoms with Crippen LogP contribution in [0, 0.1) is 0 Å². The average molecular weight is 1040 g/mol. The molecule has 0 saturated heterocycles. The third kappa shape index (κ3) is 54.5. The number of methoxy groups -OCH3 is 1. The van der Waals surface area contributed by atoms with Crippen molar-refractivity contribution >= 4 is 13.9 Å². The Morgan fingerprint density at radius 2 is 0.667 bits per heavy atom. The molecule has 0 aliphatic heterocycles. The van der Waals surface area contributed by atoms with Crippen LogP contribution < -0.4 is 0 Å². The number of hydrogen-bond acceptors (Lipinski definition) is 5. The van der Waals surface area contributed by atoms with Crippen LogP contribution in [0.25, 0.3) is 0 Å². The van der Waals surface area contributed by atoms with Crippen LogP contribution in [0.2, 0.25) is 0 Å². The van der Waals surface area contributed by atoms with Gasteiger partial charge in [-0.25, -0.2) is 0 Å². The third-order valence-electron chi connectivity index (χ3n) is 10.4. The summed E-state index contributed by atoms with van der Waals surface area (Å²) in [6, 6.07) is 0. The van der Waals surface area contributed by atoms with Crippen LogP contribution in [0.15, 0.2) is 237 Å². The maximum atomic E-state index is 12.3. The van der Waals surface area contributed by atoms with Crippen LogP contribution in [0.1, 0.15) is 163 Å². The van der Waals surface area contributed by atoms with E-state index in [4.69, 9.17) is 13.8 Å². The standard InChI is InChI=1S/C40H56.C19H33O3P.C10H14O2/c1-33(2)19-13-23-37(7)27-17-31-39(9)29-15-25-35(5)21-11-12-22-36(6)26-16-30-40(10)32-18-28-38(8)24-14-20-34(3)4;1-7-21-23(20,22-8-2)16-15-19(6)14-10-13-18(5)12-9-11-17(3)4;1-9(8-11)6-4-5-7-10(2)12-3/h11-12,15-22,25-32H,13-14,23-24H2,1-10H3;10-11,13-15H,7-9,12,16H2,1-6H3;4-8H,1-3H3/b12-11+,25-15+,26-16+,31-17+,32-18+,35-21+,36-22+,37-27+,38-28+,39-29+,40-30+;14-10+,18-13+,19-15+;5-4+,9-6+,10-7+. The Hall–Kier alpha value is -5.58. The second-order valence-corrected chi connectivity index (χ2v) is 21.4. The van der Waals surface area contributed by atoms with Crippen LogP contribution in [-0.2, 0) is 23.1 Å². The summed E-state index contributed by atoms with van der Waals surface area (Å²) in [5.74, 6) is 0.836. The van der Waals surface area contributed by atoms with Crippen molar-refractivity contribution < 1.29 is 23.1 Å². The quantitative estimate of drug-likeness (QED) is 0.0173. The Morgan fingerprint density at radius 1 is 0.373 bits per heavy atom. The lowest BCUT2D eigenvalue weighted by Crippen LogP contribution is -1.98. The van der Waals surface area contributed by atoms with Gasteiger partial charge in [0.1, 0.15) is 6.29 Å². The van der Waals surface area contributed by atoms with Gasteiger partial charge in [-0.05, 0) is 175 Å². The first-order valence-electron chi connectivity index (χ1n) is 26.7. The highest BCUT2D eigenvalue weighted by Crippen LogP contribution is 2.48. The van der Waals surface area contributed by atoms with Crippen LogP contribution in [0.3, 0.4) is 0 Å². The highest BCUT2D eigenvalue weighted by Gasteiger charge is 2.21. The molecule has 0 fully saturated rings. The Labute approximate surface area is 461 Å². The van der Waals surface area contributed by atoms with Gasteiger partial charge in [-0.2, -0.15) is 0 Å². The lowest BCUT2D eigenvalue weighted by molar-refractivity contribution is -0.104. The number of hydrogen-bond donors (Lipinski definition) is 0. The number of carbonyl (C=O) groups excluding carboxylic acids is 1. The van der Waals surface area contributed by atoms with Crippen LogP contribution in [0.4, 0.5) is 0 Å². The van der Waals surface area contributed by atoms with E-state index in [2.05, 4.69) is 212 Å². The van der Waals surface area contributed by atoms with E-state index in [1.165, 1.54) is 55.7 Å². The monoisotopic (exact) mass is 1040 g/mol. The number of carbonyl (C=O) groups is 1. The second kappa shape index (κ2) is 49.3. The molecule has 0 aliphatic rings. The van der Waals surface area contributed by atoms with Crippen LogP contribution >= 0.6 is 7.60 Å². The number of allylic oxidation sites excluding steroid dienone is 40. The first kappa shape index (κ1) is 73.7. The van der Waals surface area contributed by atoms with Gasteiger partial charge in [0.25, 0.3) is 0 Å². The molecule has 0 radical (unpaired) electrons. The van der Waals surface area contributed by atoms with Crippen molar-refractivity contribution in [2.24, 2.45) is 0 Å². The summed E-state index contributed by atoms with van der Waals surface area (Å²) in [7, 11) is -1.36. The molecule has 0 aromatic carbocycles. The van der Waals surface area contributed by atoms with Crippen molar-refractivity contribution in [2.75, 3.05) is 26.5 Å². The van der Waals surface area contributed by atoms with Crippen LogP contribution in [0.5, 0.6) is 0 Å². The van der Waals surface area contributed by atoms with Gasteiger partial charge >= 0.3 is 7.60 Å². The maximum absolute atomic E-state index is 12.3. The molecule has 0 amide bonds. The van der Waals surface area contributed by atoms with E-state index in [-0.39, 0.29) is 0 Å². The summed E-state index contributed by atoms with van der Waals surface area (Å²) in [6.45, 7) is 37.9. The Bertz CT molecular complexity index is 2220. The molecule has 0 saturated carbocycles. The highest BCUT2D eigenvalue weighted by molar-refractivity contribution is 7.54. The topological polar surface area (TPSA) is 61.8 Å². The van der Waals surface area contributed by atoms with E-state index >= 15 is 0 Å². The molecule has 414 valence electrons. The summed E-state index contributed by atoms with van der Waals surface area (Å²) in [5.41, 5.74) is 15.0. The molecule has 0 heterocycles. The van der Waals surface area contributed by atoms with Gasteiger partial charge in [0.15, 0.2) is 0 Å². The minimum Gasteiger partial charge on any atom is -0.501 e. The highest BCUT2D eigenvalue weighted by atomic mass is 31.2. The fourth-order valence-electron chi connectivity index (χ4n) is 5.81. The van der Waals surface area contributed by atoms with E-state index in [1.807, 2.05) is 58.1 Å². The molecule has 0 spiro atoms. The molecule has 0 aromatic rings. The SMILES string of the molecule is CC(C)=CCC/C(C)=C/C=C/C(C)=C/C=C/C(C)=C/C=C/C=C(C)/C=C/C=C(C)/C=C/C=C(\C)CCC=C(C)C.CCOP(=O)(C/C=C(C)/C=C/C=C(\C)CCC=C(C)C)OCC.CO/C(C)=C/C=C/C=C(\C)C=O. The molecule has 0 atom stereocenters. The summed E-state index contributed by atoms with van der Waals surface area (Å²) >= 11 is 0. The Kier molecular flexibility index (Phi) is 48.4. The minimum atomic E-state index is -2.98. The molecule has 0 aliphatic carbocycles. The summed E-state index contributed by atoms with van der Waals surface area (Å²) < 4.78 is 27.8. The van der Waals surface area contributed by atoms with Crippen LogP contribution in [-0.4, -0.2) is 32.8 Å². The first-order chi connectivity index (χ1) is 35.5. The maximum Gasteiger partial charge on any atom is 0.334 e. The molecular weight excluding hydrogens is 940 g/mol. The first-order valence-corrected chi connectivity index (χ1v) is 28.4. The molecule has 0 rings (SSSR count). The molecule has 6 heteroatoms. The molecule has 5 nitrogen and oxygen atoms in total. The molecule has 0 bridgehead atoms. The number of ether oxygens (including phenoxy) is 1. The fourth-order valence-corrected chi connectivity index (χ4v) is 7.40.